The highest BCUT2D eigenvalue weighted by molar-refractivity contribution is 5.86. The van der Waals surface area contributed by atoms with E-state index in [1.807, 2.05) is 20.8 Å². The Kier molecular flexibility index (Phi) is 4.19. The number of rotatable bonds is 4. The molecule has 1 unspecified atom stereocenters. The second-order valence-electron chi connectivity index (χ2n) is 4.61. The van der Waals surface area contributed by atoms with Gasteiger partial charge in [0.2, 0.25) is 5.91 Å². The quantitative estimate of drug-likeness (QED) is 0.845. The van der Waals surface area contributed by atoms with Crippen molar-refractivity contribution < 1.29 is 4.79 Å². The van der Waals surface area contributed by atoms with Crippen molar-refractivity contribution in [3.05, 3.63) is 11.9 Å². The molecule has 2 heterocycles. The highest BCUT2D eigenvalue weighted by atomic mass is 16.2. The number of hydrogen-bond donors (Lipinski definition) is 2. The summed E-state index contributed by atoms with van der Waals surface area (Å²) in [6.45, 7) is 8.30. The van der Waals surface area contributed by atoms with Gasteiger partial charge in [0.05, 0.1) is 0 Å². The van der Waals surface area contributed by atoms with Crippen LogP contribution in [-0.4, -0.2) is 41.6 Å². The molecular weight excluding hydrogens is 242 g/mol. The highest BCUT2D eigenvalue weighted by Gasteiger charge is 2.30. The van der Waals surface area contributed by atoms with Gasteiger partial charge >= 0.3 is 0 Å². The highest BCUT2D eigenvalue weighted by Crippen LogP contribution is 2.25. The molecule has 0 saturated carbocycles. The molecule has 1 amide bonds. The Bertz CT molecular complexity index is 462. The predicted molar refractivity (Wildman–Crippen MR) is 75.4 cm³/mol. The van der Waals surface area contributed by atoms with Crippen LogP contribution in [0.5, 0.6) is 0 Å². The second-order valence-corrected chi connectivity index (χ2v) is 4.61. The molecule has 0 bridgehead atoms. The van der Waals surface area contributed by atoms with Gasteiger partial charge in [-0.2, -0.15) is 0 Å². The Labute approximate surface area is 113 Å². The van der Waals surface area contributed by atoms with Crippen LogP contribution < -0.4 is 15.5 Å². The summed E-state index contributed by atoms with van der Waals surface area (Å²) in [6.07, 6.45) is 2.32. The molecule has 0 aromatic carbocycles. The van der Waals surface area contributed by atoms with Crippen molar-refractivity contribution in [3.8, 4) is 0 Å². The van der Waals surface area contributed by atoms with E-state index in [0.717, 1.165) is 36.7 Å². The Morgan fingerprint density at radius 2 is 2.26 bits per heavy atom. The molecule has 2 rings (SSSR count). The molecule has 0 aliphatic carbocycles. The van der Waals surface area contributed by atoms with E-state index >= 15 is 0 Å². The summed E-state index contributed by atoms with van der Waals surface area (Å²) in [6, 6.07) is -0.142. The van der Waals surface area contributed by atoms with E-state index in [-0.39, 0.29) is 11.9 Å². The summed E-state index contributed by atoms with van der Waals surface area (Å²) in [5, 5.41) is 6.12. The lowest BCUT2D eigenvalue weighted by Gasteiger charge is -2.36. The van der Waals surface area contributed by atoms with Gasteiger partial charge in [0.25, 0.3) is 0 Å². The van der Waals surface area contributed by atoms with E-state index in [0.29, 0.717) is 6.54 Å². The molecule has 1 aromatic rings. The molecular formula is C13H21N5O. The van der Waals surface area contributed by atoms with Gasteiger partial charge in [-0.15, -0.1) is 0 Å². The third-order valence-corrected chi connectivity index (χ3v) is 3.39. The third kappa shape index (κ3) is 2.62. The number of amides is 1. The molecule has 1 aromatic heterocycles. The van der Waals surface area contributed by atoms with Crippen LogP contribution in [0.1, 0.15) is 25.8 Å². The fraction of sp³-hybridized carbons (Fsp3) is 0.615. The summed E-state index contributed by atoms with van der Waals surface area (Å²) in [5.41, 5.74) is 0.998. The standard InChI is InChI=1S/C13H21N5O/c1-4-10-13(19)15-6-7-18(10)12-9(3)11(14-5-2)16-8-17-12/h8,10H,4-7H2,1-3H3,(H,15,19)(H,14,16,17). The van der Waals surface area contributed by atoms with E-state index in [2.05, 4.69) is 25.5 Å². The minimum Gasteiger partial charge on any atom is -0.370 e. The van der Waals surface area contributed by atoms with Gasteiger partial charge in [-0.1, -0.05) is 6.92 Å². The summed E-state index contributed by atoms with van der Waals surface area (Å²) >= 11 is 0. The van der Waals surface area contributed by atoms with E-state index in [1.54, 1.807) is 6.33 Å². The number of carbonyl (C=O) groups is 1. The monoisotopic (exact) mass is 263 g/mol. The number of piperazine rings is 1. The zero-order chi connectivity index (χ0) is 13.8. The summed E-state index contributed by atoms with van der Waals surface area (Å²) in [7, 11) is 0. The molecule has 0 spiro atoms. The molecule has 19 heavy (non-hydrogen) atoms. The van der Waals surface area contributed by atoms with Gasteiger partial charge in [0.15, 0.2) is 0 Å². The van der Waals surface area contributed by atoms with Crippen LogP contribution in [0.25, 0.3) is 0 Å². The van der Waals surface area contributed by atoms with Crippen molar-refractivity contribution in [2.45, 2.75) is 33.2 Å². The van der Waals surface area contributed by atoms with Crippen LogP contribution in [0.15, 0.2) is 6.33 Å². The number of nitrogens with one attached hydrogen (secondary N) is 2. The minimum atomic E-state index is -0.142. The third-order valence-electron chi connectivity index (χ3n) is 3.39. The van der Waals surface area contributed by atoms with Gasteiger partial charge < -0.3 is 15.5 Å². The van der Waals surface area contributed by atoms with Crippen LogP contribution >= 0.6 is 0 Å². The first kappa shape index (κ1) is 13.6. The molecule has 1 atom stereocenters. The van der Waals surface area contributed by atoms with Gasteiger partial charge in [0.1, 0.15) is 24.0 Å². The molecule has 1 aliphatic heterocycles. The number of hydrogen-bond acceptors (Lipinski definition) is 5. The molecule has 6 heteroatoms. The number of anilines is 2. The van der Waals surface area contributed by atoms with Crippen molar-refractivity contribution in [1.82, 2.24) is 15.3 Å². The lowest BCUT2D eigenvalue weighted by molar-refractivity contribution is -0.123. The van der Waals surface area contributed by atoms with Crippen molar-refractivity contribution in [1.29, 1.82) is 0 Å². The van der Waals surface area contributed by atoms with Crippen LogP contribution in [-0.2, 0) is 4.79 Å². The lowest BCUT2D eigenvalue weighted by atomic mass is 10.1. The lowest BCUT2D eigenvalue weighted by Crippen LogP contribution is -2.55. The maximum Gasteiger partial charge on any atom is 0.242 e. The van der Waals surface area contributed by atoms with E-state index in [9.17, 15) is 4.79 Å². The van der Waals surface area contributed by atoms with Gasteiger partial charge in [-0.25, -0.2) is 9.97 Å². The molecule has 104 valence electrons. The van der Waals surface area contributed by atoms with Crippen LogP contribution in [0, 0.1) is 6.92 Å². The van der Waals surface area contributed by atoms with Crippen molar-refractivity contribution >= 4 is 17.5 Å². The summed E-state index contributed by atoms with van der Waals surface area (Å²) in [5.74, 6) is 1.78. The summed E-state index contributed by atoms with van der Waals surface area (Å²) < 4.78 is 0. The Hall–Kier alpha value is -1.85. The average molecular weight is 263 g/mol. The van der Waals surface area contributed by atoms with Crippen molar-refractivity contribution in [2.75, 3.05) is 29.9 Å². The zero-order valence-electron chi connectivity index (χ0n) is 11.7. The van der Waals surface area contributed by atoms with Crippen LogP contribution in [0.3, 0.4) is 0 Å². The fourth-order valence-corrected chi connectivity index (χ4v) is 2.45. The van der Waals surface area contributed by atoms with E-state index < -0.39 is 0 Å². The number of nitrogens with zero attached hydrogens (tertiary/aromatic N) is 3. The van der Waals surface area contributed by atoms with Gasteiger partial charge in [-0.3, -0.25) is 4.79 Å². The molecule has 1 aliphatic rings. The number of aromatic nitrogens is 2. The molecule has 2 N–H and O–H groups in total. The largest absolute Gasteiger partial charge is 0.370 e. The smallest absolute Gasteiger partial charge is 0.242 e. The number of carbonyl (C=O) groups excluding carboxylic acids is 1. The average Bonchev–Trinajstić information content (AvgIpc) is 2.41. The van der Waals surface area contributed by atoms with Gasteiger partial charge in [0, 0.05) is 25.2 Å². The Morgan fingerprint density at radius 3 is 2.95 bits per heavy atom. The maximum absolute atomic E-state index is 11.9. The predicted octanol–water partition coefficient (Wildman–Crippen LogP) is 0.932. The van der Waals surface area contributed by atoms with E-state index in [4.69, 9.17) is 0 Å². The minimum absolute atomic E-state index is 0.0803. The van der Waals surface area contributed by atoms with E-state index in [1.165, 1.54) is 0 Å². The van der Waals surface area contributed by atoms with Gasteiger partial charge in [-0.05, 0) is 20.3 Å². The first-order valence-electron chi connectivity index (χ1n) is 6.78. The Balaban J connectivity index is 2.34. The zero-order valence-corrected chi connectivity index (χ0v) is 11.7. The first-order valence-corrected chi connectivity index (χ1v) is 6.78. The topological polar surface area (TPSA) is 70.2 Å². The first-order chi connectivity index (χ1) is 9.19. The fourth-order valence-electron chi connectivity index (χ4n) is 2.45. The van der Waals surface area contributed by atoms with Crippen molar-refractivity contribution in [3.63, 3.8) is 0 Å². The maximum atomic E-state index is 11.9. The van der Waals surface area contributed by atoms with Crippen LogP contribution in [0.2, 0.25) is 0 Å². The molecule has 1 saturated heterocycles. The molecule has 1 fully saturated rings. The SMILES string of the molecule is CCNc1ncnc(N2CCNC(=O)C2CC)c1C. The van der Waals surface area contributed by atoms with Crippen molar-refractivity contribution in [2.24, 2.45) is 0 Å². The van der Waals surface area contributed by atoms with Crippen LogP contribution in [0.4, 0.5) is 11.6 Å². The second kappa shape index (κ2) is 5.86. The summed E-state index contributed by atoms with van der Waals surface area (Å²) in [4.78, 5) is 22.6. The molecule has 6 nitrogen and oxygen atoms in total. The Morgan fingerprint density at radius 1 is 1.47 bits per heavy atom. The normalized spacial score (nSPS) is 19.2. The molecule has 0 radical (unpaired) electrons.